The summed E-state index contributed by atoms with van der Waals surface area (Å²) < 4.78 is 10.4. The fraction of sp³-hybridized carbons (Fsp3) is 0.222. The van der Waals surface area contributed by atoms with Crippen molar-refractivity contribution < 1.29 is 19.1 Å². The van der Waals surface area contributed by atoms with Crippen LogP contribution < -0.4 is 14.8 Å². The van der Waals surface area contributed by atoms with Gasteiger partial charge in [0.25, 0.3) is 5.91 Å². The van der Waals surface area contributed by atoms with Gasteiger partial charge >= 0.3 is 0 Å². The van der Waals surface area contributed by atoms with Gasteiger partial charge in [-0.1, -0.05) is 16.8 Å². The fourth-order valence-corrected chi connectivity index (χ4v) is 2.07. The van der Waals surface area contributed by atoms with E-state index in [0.29, 0.717) is 22.2 Å². The Labute approximate surface area is 151 Å². The number of oxime groups is 1. The second-order valence-corrected chi connectivity index (χ2v) is 5.53. The molecule has 0 aliphatic heterocycles. The van der Waals surface area contributed by atoms with Crippen molar-refractivity contribution in [2.45, 2.75) is 13.0 Å². The number of carbonyl (C=O) groups is 1. The van der Waals surface area contributed by atoms with Crippen molar-refractivity contribution in [1.82, 2.24) is 0 Å². The second kappa shape index (κ2) is 8.94. The van der Waals surface area contributed by atoms with Crippen molar-refractivity contribution in [2.75, 3.05) is 19.5 Å². The Hall–Kier alpha value is -2.73. The van der Waals surface area contributed by atoms with E-state index in [1.54, 1.807) is 63.6 Å². The second-order valence-electron chi connectivity index (χ2n) is 5.09. The monoisotopic (exact) mass is 362 g/mol. The first-order valence-corrected chi connectivity index (χ1v) is 7.89. The summed E-state index contributed by atoms with van der Waals surface area (Å²) in [6, 6.07) is 12.1. The summed E-state index contributed by atoms with van der Waals surface area (Å²) in [7, 11) is 3.12. The minimum absolute atomic E-state index is 0.313. The first kappa shape index (κ1) is 18.6. The first-order valence-electron chi connectivity index (χ1n) is 7.51. The van der Waals surface area contributed by atoms with Crippen LogP contribution in [0.4, 0.5) is 5.69 Å². The Morgan fingerprint density at radius 1 is 1.12 bits per heavy atom. The number of anilines is 1. The summed E-state index contributed by atoms with van der Waals surface area (Å²) in [5.74, 6) is 0.892. The van der Waals surface area contributed by atoms with Crippen molar-refractivity contribution >= 4 is 29.4 Å². The number of halogens is 1. The fourth-order valence-electron chi connectivity index (χ4n) is 1.94. The van der Waals surface area contributed by atoms with Crippen LogP contribution in [0.5, 0.6) is 11.5 Å². The predicted octanol–water partition coefficient (Wildman–Crippen LogP) is 3.73. The van der Waals surface area contributed by atoms with Crippen LogP contribution in [-0.4, -0.2) is 32.4 Å². The highest BCUT2D eigenvalue weighted by molar-refractivity contribution is 6.30. The highest BCUT2D eigenvalue weighted by atomic mass is 35.5. The summed E-state index contributed by atoms with van der Waals surface area (Å²) in [6.07, 6.45) is 0.737. The van der Waals surface area contributed by atoms with E-state index in [2.05, 4.69) is 10.5 Å². The van der Waals surface area contributed by atoms with E-state index >= 15 is 0 Å². The number of nitrogens with zero attached hydrogens (tertiary/aromatic N) is 1. The third-order valence-electron chi connectivity index (χ3n) is 3.31. The zero-order chi connectivity index (χ0) is 18.2. The first-order chi connectivity index (χ1) is 12.0. The lowest BCUT2D eigenvalue weighted by Crippen LogP contribution is -2.26. The Morgan fingerprint density at radius 3 is 2.44 bits per heavy atom. The van der Waals surface area contributed by atoms with E-state index in [4.69, 9.17) is 25.9 Å². The van der Waals surface area contributed by atoms with Crippen molar-refractivity contribution in [1.29, 1.82) is 0 Å². The summed E-state index contributed by atoms with van der Waals surface area (Å²) in [5, 5.41) is 7.16. The van der Waals surface area contributed by atoms with Crippen LogP contribution in [0, 0.1) is 0 Å². The van der Waals surface area contributed by atoms with E-state index in [9.17, 15) is 4.79 Å². The molecule has 0 heterocycles. The number of benzene rings is 2. The molecule has 0 spiro atoms. The molecule has 0 saturated carbocycles. The average Bonchev–Trinajstić information content (AvgIpc) is 2.63. The molecule has 132 valence electrons. The van der Waals surface area contributed by atoms with Crippen molar-refractivity contribution in [2.24, 2.45) is 5.16 Å². The SMILES string of the molecule is COc1ccc(/C=N\O[C@@H](C)C(=O)Nc2ccc(Cl)cc2)cc1OC. The highest BCUT2D eigenvalue weighted by Crippen LogP contribution is 2.26. The molecule has 1 atom stereocenters. The van der Waals surface area contributed by atoms with Crippen LogP contribution in [0.1, 0.15) is 12.5 Å². The summed E-state index contributed by atoms with van der Waals surface area (Å²) in [4.78, 5) is 17.2. The number of hydrogen-bond donors (Lipinski definition) is 1. The van der Waals surface area contributed by atoms with Crippen LogP contribution in [0.25, 0.3) is 0 Å². The van der Waals surface area contributed by atoms with Gasteiger partial charge < -0.3 is 19.6 Å². The molecule has 0 radical (unpaired) electrons. The number of methoxy groups -OCH3 is 2. The lowest BCUT2D eigenvalue weighted by Gasteiger charge is -2.10. The van der Waals surface area contributed by atoms with Crippen molar-refractivity contribution in [3.05, 3.63) is 53.1 Å². The van der Waals surface area contributed by atoms with Gasteiger partial charge in [-0.2, -0.15) is 0 Å². The summed E-state index contributed by atoms with van der Waals surface area (Å²) in [5.41, 5.74) is 1.39. The Morgan fingerprint density at radius 2 is 1.80 bits per heavy atom. The normalized spacial score (nSPS) is 11.8. The van der Waals surface area contributed by atoms with Crippen LogP contribution in [-0.2, 0) is 9.63 Å². The van der Waals surface area contributed by atoms with Gasteiger partial charge in [0.05, 0.1) is 20.4 Å². The molecule has 1 amide bonds. The van der Waals surface area contributed by atoms with Gasteiger partial charge in [-0.25, -0.2) is 0 Å². The molecule has 0 unspecified atom stereocenters. The van der Waals surface area contributed by atoms with Crippen LogP contribution >= 0.6 is 11.6 Å². The van der Waals surface area contributed by atoms with Crippen molar-refractivity contribution in [3.8, 4) is 11.5 Å². The number of hydrogen-bond acceptors (Lipinski definition) is 5. The minimum atomic E-state index is -0.757. The zero-order valence-electron chi connectivity index (χ0n) is 14.2. The molecule has 0 fully saturated rings. The lowest BCUT2D eigenvalue weighted by molar-refractivity contribution is -0.126. The van der Waals surface area contributed by atoms with E-state index in [1.807, 2.05) is 0 Å². The maximum absolute atomic E-state index is 12.0. The molecule has 6 nitrogen and oxygen atoms in total. The standard InChI is InChI=1S/C18H19ClN2O4/c1-12(18(22)21-15-7-5-14(19)6-8-15)25-20-11-13-4-9-16(23-2)17(10-13)24-3/h4-12H,1-3H3,(H,21,22)/b20-11-/t12-/m0/s1. The number of nitrogens with one attached hydrogen (secondary N) is 1. The van der Waals surface area contributed by atoms with Crippen LogP contribution in [0.15, 0.2) is 47.6 Å². The molecule has 2 rings (SSSR count). The van der Waals surface area contributed by atoms with Gasteiger partial charge in [-0.15, -0.1) is 0 Å². The van der Waals surface area contributed by atoms with Gasteiger partial charge in [-0.05, 0) is 49.4 Å². The molecule has 0 bridgehead atoms. The lowest BCUT2D eigenvalue weighted by atomic mass is 10.2. The van der Waals surface area contributed by atoms with Gasteiger partial charge in [0.1, 0.15) is 0 Å². The molecule has 1 N–H and O–H groups in total. The molecule has 2 aromatic carbocycles. The minimum Gasteiger partial charge on any atom is -0.493 e. The smallest absolute Gasteiger partial charge is 0.267 e. The van der Waals surface area contributed by atoms with Crippen LogP contribution in [0.3, 0.4) is 0 Å². The molecule has 25 heavy (non-hydrogen) atoms. The molecule has 7 heteroatoms. The predicted molar refractivity (Wildman–Crippen MR) is 97.8 cm³/mol. The maximum atomic E-state index is 12.0. The number of amides is 1. The van der Waals surface area contributed by atoms with E-state index in [1.165, 1.54) is 6.21 Å². The quantitative estimate of drug-likeness (QED) is 0.601. The topological polar surface area (TPSA) is 69.2 Å². The number of carbonyl (C=O) groups excluding carboxylic acids is 1. The Kier molecular flexibility index (Phi) is 6.65. The molecule has 0 saturated heterocycles. The van der Waals surface area contributed by atoms with E-state index in [-0.39, 0.29) is 5.91 Å². The third kappa shape index (κ3) is 5.39. The van der Waals surface area contributed by atoms with E-state index < -0.39 is 6.10 Å². The number of ether oxygens (including phenoxy) is 2. The van der Waals surface area contributed by atoms with Gasteiger partial charge in [0.15, 0.2) is 11.5 Å². The van der Waals surface area contributed by atoms with Gasteiger partial charge in [-0.3, -0.25) is 4.79 Å². The number of rotatable bonds is 7. The van der Waals surface area contributed by atoms with Crippen molar-refractivity contribution in [3.63, 3.8) is 0 Å². The van der Waals surface area contributed by atoms with Gasteiger partial charge in [0, 0.05) is 16.3 Å². The maximum Gasteiger partial charge on any atom is 0.267 e. The average molecular weight is 363 g/mol. The molecule has 0 aliphatic carbocycles. The van der Waals surface area contributed by atoms with E-state index in [0.717, 1.165) is 5.56 Å². The summed E-state index contributed by atoms with van der Waals surface area (Å²) >= 11 is 5.80. The largest absolute Gasteiger partial charge is 0.493 e. The van der Waals surface area contributed by atoms with Crippen LogP contribution in [0.2, 0.25) is 5.02 Å². The molecular weight excluding hydrogens is 344 g/mol. The highest BCUT2D eigenvalue weighted by Gasteiger charge is 2.14. The zero-order valence-corrected chi connectivity index (χ0v) is 14.9. The molecule has 0 aliphatic rings. The Bertz CT molecular complexity index is 747. The molecular formula is C18H19ClN2O4. The third-order valence-corrected chi connectivity index (χ3v) is 3.56. The summed E-state index contributed by atoms with van der Waals surface area (Å²) in [6.45, 7) is 1.61. The molecule has 0 aromatic heterocycles. The Balaban J connectivity index is 1.92. The van der Waals surface area contributed by atoms with Gasteiger partial charge in [0.2, 0.25) is 6.10 Å². The molecule has 2 aromatic rings.